The first-order valence-corrected chi connectivity index (χ1v) is 10.7. The van der Waals surface area contributed by atoms with Crippen LogP contribution in [0.3, 0.4) is 0 Å². The molecule has 0 atom stereocenters. The summed E-state index contributed by atoms with van der Waals surface area (Å²) in [7, 11) is 0. The molecule has 0 N–H and O–H groups in total. The van der Waals surface area contributed by atoms with Gasteiger partial charge in [0.2, 0.25) is 0 Å². The molecule has 0 saturated carbocycles. The van der Waals surface area contributed by atoms with Crippen LogP contribution in [-0.4, -0.2) is 4.98 Å². The van der Waals surface area contributed by atoms with Crippen LogP contribution in [-0.2, 0) is 0 Å². The molecule has 0 spiro atoms. The monoisotopic (exact) mass is 483 g/mol. The fraction of sp³-hybridized carbons (Fsp3) is 0. The summed E-state index contributed by atoms with van der Waals surface area (Å²) in [4.78, 5) is 5.02. The Morgan fingerprint density at radius 1 is 0.517 bits per heavy atom. The number of aromatic nitrogens is 1. The average molecular weight is 483 g/mol. The first-order chi connectivity index (χ1) is 14.3. The Balaban J connectivity index is 1.79. The van der Waals surface area contributed by atoms with Crippen molar-refractivity contribution in [2.24, 2.45) is 0 Å². The number of rotatable bonds is 3. The highest BCUT2D eigenvalue weighted by atomic mass is 127. The number of nitrogens with zero attached hydrogens (tertiary/aromatic N) is 1. The summed E-state index contributed by atoms with van der Waals surface area (Å²) >= 11 is 2.39. The van der Waals surface area contributed by atoms with Gasteiger partial charge in [-0.1, -0.05) is 84.9 Å². The zero-order valence-corrected chi connectivity index (χ0v) is 17.9. The molecule has 0 radical (unpaired) electrons. The van der Waals surface area contributed by atoms with E-state index in [4.69, 9.17) is 4.98 Å². The molecule has 4 aromatic carbocycles. The number of pyridine rings is 1. The summed E-state index contributed by atoms with van der Waals surface area (Å²) in [5.41, 5.74) is 8.03. The van der Waals surface area contributed by atoms with Gasteiger partial charge in [-0.3, -0.25) is 0 Å². The number of fused-ring (bicyclic) bond motifs is 1. The van der Waals surface area contributed by atoms with Gasteiger partial charge >= 0.3 is 0 Å². The Morgan fingerprint density at radius 2 is 1.17 bits per heavy atom. The molecule has 0 aliphatic carbocycles. The van der Waals surface area contributed by atoms with Gasteiger partial charge in [0, 0.05) is 14.5 Å². The number of benzene rings is 4. The predicted octanol–water partition coefficient (Wildman–Crippen LogP) is 7.84. The lowest BCUT2D eigenvalue weighted by Gasteiger charge is -2.13. The van der Waals surface area contributed by atoms with Gasteiger partial charge in [-0.25, -0.2) is 4.98 Å². The number of halogens is 1. The fourth-order valence-electron chi connectivity index (χ4n) is 3.70. The van der Waals surface area contributed by atoms with E-state index in [0.29, 0.717) is 0 Å². The molecule has 0 bridgehead atoms. The zero-order chi connectivity index (χ0) is 19.6. The van der Waals surface area contributed by atoms with Crippen LogP contribution >= 0.6 is 22.6 Å². The Hall–Kier alpha value is -2.98. The highest BCUT2D eigenvalue weighted by molar-refractivity contribution is 14.1. The van der Waals surface area contributed by atoms with Gasteiger partial charge in [0.1, 0.15) is 0 Å². The Morgan fingerprint density at radius 3 is 1.90 bits per heavy atom. The van der Waals surface area contributed by atoms with Crippen molar-refractivity contribution in [1.82, 2.24) is 4.98 Å². The number of hydrogen-bond donors (Lipinski definition) is 0. The van der Waals surface area contributed by atoms with Crippen LogP contribution in [0.5, 0.6) is 0 Å². The molecular weight excluding hydrogens is 465 g/mol. The molecule has 29 heavy (non-hydrogen) atoms. The third-order valence-electron chi connectivity index (χ3n) is 5.15. The van der Waals surface area contributed by atoms with Crippen molar-refractivity contribution in [2.75, 3.05) is 0 Å². The maximum Gasteiger partial charge on any atom is 0.0726 e. The Kier molecular flexibility index (Phi) is 4.86. The first-order valence-electron chi connectivity index (χ1n) is 9.60. The lowest BCUT2D eigenvalue weighted by atomic mass is 9.95. The molecule has 0 aliphatic heterocycles. The molecule has 0 amide bonds. The maximum absolute atomic E-state index is 5.02. The van der Waals surface area contributed by atoms with E-state index in [-0.39, 0.29) is 0 Å². The Bertz CT molecular complexity index is 1290. The van der Waals surface area contributed by atoms with Crippen LogP contribution in [0.25, 0.3) is 44.4 Å². The quantitative estimate of drug-likeness (QED) is 0.238. The third-order valence-corrected chi connectivity index (χ3v) is 6.09. The van der Waals surface area contributed by atoms with E-state index < -0.39 is 0 Å². The summed E-state index contributed by atoms with van der Waals surface area (Å²) in [6.45, 7) is 0. The van der Waals surface area contributed by atoms with E-state index in [0.717, 1.165) is 11.2 Å². The molecule has 0 fully saturated rings. The van der Waals surface area contributed by atoms with E-state index in [1.54, 1.807) is 0 Å². The topological polar surface area (TPSA) is 12.9 Å². The van der Waals surface area contributed by atoms with Gasteiger partial charge in [-0.05, 0) is 69.1 Å². The largest absolute Gasteiger partial charge is 0.248 e. The van der Waals surface area contributed by atoms with Crippen molar-refractivity contribution in [1.29, 1.82) is 0 Å². The second-order valence-electron chi connectivity index (χ2n) is 7.00. The molecule has 0 aliphatic rings. The Labute approximate surface area is 184 Å². The summed E-state index contributed by atoms with van der Waals surface area (Å²) in [6, 6.07) is 38.3. The van der Waals surface area contributed by atoms with Crippen LogP contribution in [0, 0.1) is 3.57 Å². The molecule has 138 valence electrons. The van der Waals surface area contributed by atoms with Gasteiger partial charge < -0.3 is 0 Å². The minimum atomic E-state index is 1.01. The molecule has 5 rings (SSSR count). The van der Waals surface area contributed by atoms with Crippen molar-refractivity contribution in [3.8, 4) is 33.5 Å². The number of hydrogen-bond acceptors (Lipinski definition) is 1. The van der Waals surface area contributed by atoms with Crippen molar-refractivity contribution >= 4 is 33.5 Å². The summed E-state index contributed by atoms with van der Waals surface area (Å²) < 4.78 is 1.21. The summed E-state index contributed by atoms with van der Waals surface area (Å²) in [5.74, 6) is 0. The predicted molar refractivity (Wildman–Crippen MR) is 131 cm³/mol. The summed E-state index contributed by atoms with van der Waals surface area (Å²) in [6.07, 6.45) is 0. The summed E-state index contributed by atoms with van der Waals surface area (Å²) in [5, 5.41) is 1.17. The molecule has 5 aromatic rings. The van der Waals surface area contributed by atoms with Crippen LogP contribution in [0.4, 0.5) is 0 Å². The van der Waals surface area contributed by atoms with Crippen molar-refractivity contribution in [3.63, 3.8) is 0 Å². The van der Waals surface area contributed by atoms with Gasteiger partial charge in [-0.2, -0.15) is 0 Å². The minimum Gasteiger partial charge on any atom is -0.248 e. The molecule has 0 unspecified atom stereocenters. The van der Waals surface area contributed by atoms with Crippen molar-refractivity contribution < 1.29 is 0 Å². The second kappa shape index (κ2) is 7.80. The normalized spacial score (nSPS) is 10.9. The third kappa shape index (κ3) is 3.56. The highest BCUT2D eigenvalue weighted by Gasteiger charge is 2.12. The van der Waals surface area contributed by atoms with E-state index >= 15 is 0 Å². The lowest BCUT2D eigenvalue weighted by molar-refractivity contribution is 1.39. The smallest absolute Gasteiger partial charge is 0.0726 e. The molecular formula is C27H18IN. The van der Waals surface area contributed by atoms with Crippen LogP contribution in [0.2, 0.25) is 0 Å². The molecule has 2 heteroatoms. The standard InChI is InChI=1S/C27H18IN/c28-25-14-8-7-13-22(25)27-18-23(20-11-5-2-6-12-20)24-17-21(15-16-26(24)29-27)19-9-3-1-4-10-19/h1-18H. The first kappa shape index (κ1) is 18.1. The molecule has 1 heterocycles. The minimum absolute atomic E-state index is 1.01. The van der Waals surface area contributed by atoms with Crippen molar-refractivity contribution in [3.05, 3.63) is 113 Å². The van der Waals surface area contributed by atoms with Gasteiger partial charge in [-0.15, -0.1) is 0 Å². The average Bonchev–Trinajstić information content (AvgIpc) is 2.79. The van der Waals surface area contributed by atoms with Gasteiger partial charge in [0.25, 0.3) is 0 Å². The van der Waals surface area contributed by atoms with E-state index in [2.05, 4.69) is 132 Å². The van der Waals surface area contributed by atoms with E-state index in [1.165, 1.54) is 36.8 Å². The highest BCUT2D eigenvalue weighted by Crippen LogP contribution is 2.35. The van der Waals surface area contributed by atoms with Gasteiger partial charge in [0.15, 0.2) is 0 Å². The maximum atomic E-state index is 5.02. The van der Waals surface area contributed by atoms with Crippen LogP contribution in [0.1, 0.15) is 0 Å². The van der Waals surface area contributed by atoms with Gasteiger partial charge in [0.05, 0.1) is 11.2 Å². The SMILES string of the molecule is Ic1ccccc1-c1cc(-c2ccccc2)c2cc(-c3ccccc3)ccc2n1. The molecule has 1 aromatic heterocycles. The second-order valence-corrected chi connectivity index (χ2v) is 8.16. The van der Waals surface area contributed by atoms with E-state index in [1.807, 2.05) is 0 Å². The molecule has 0 saturated heterocycles. The van der Waals surface area contributed by atoms with Crippen molar-refractivity contribution in [2.45, 2.75) is 0 Å². The lowest BCUT2D eigenvalue weighted by Crippen LogP contribution is -1.92. The molecule has 1 nitrogen and oxygen atoms in total. The zero-order valence-electron chi connectivity index (χ0n) is 15.7. The fourth-order valence-corrected chi connectivity index (χ4v) is 4.36. The van der Waals surface area contributed by atoms with Crippen LogP contribution < -0.4 is 0 Å². The van der Waals surface area contributed by atoms with E-state index in [9.17, 15) is 0 Å². The van der Waals surface area contributed by atoms with Crippen LogP contribution in [0.15, 0.2) is 109 Å².